The van der Waals surface area contributed by atoms with Crippen LogP contribution in [0, 0.1) is 5.92 Å². The van der Waals surface area contributed by atoms with Gasteiger partial charge >= 0.3 is 0 Å². The van der Waals surface area contributed by atoms with Crippen LogP contribution in [0.4, 0.5) is 0 Å². The van der Waals surface area contributed by atoms with E-state index in [4.69, 9.17) is 9.47 Å². The van der Waals surface area contributed by atoms with Crippen LogP contribution >= 0.6 is 0 Å². The van der Waals surface area contributed by atoms with Gasteiger partial charge in [0.1, 0.15) is 0 Å². The molecule has 1 aromatic carbocycles. The quantitative estimate of drug-likeness (QED) is 0.846. The number of aliphatic hydroxyl groups is 1. The minimum atomic E-state index is -1.29. The van der Waals surface area contributed by atoms with E-state index in [2.05, 4.69) is 0 Å². The highest BCUT2D eigenvalue weighted by Gasteiger charge is 2.25. The van der Waals surface area contributed by atoms with Crippen molar-refractivity contribution in [2.45, 2.75) is 32.3 Å². The molecule has 1 heterocycles. The number of ether oxygens (including phenoxy) is 2. The Labute approximate surface area is 111 Å². The first-order valence-corrected chi connectivity index (χ1v) is 6.27. The standard InChI is InChI=1S/C14H18O5/c1-8(2)5-10(15)13(14(16)17)9-3-4-11-12(6-9)19-7-18-11/h3-4,6,8,10,13,15H,5,7H2,1-2H3,(H,16,17)/p-1. The number of hydrogen-bond acceptors (Lipinski definition) is 5. The lowest BCUT2D eigenvalue weighted by Crippen LogP contribution is -2.37. The van der Waals surface area contributed by atoms with Crippen LogP contribution in [0.5, 0.6) is 11.5 Å². The van der Waals surface area contributed by atoms with E-state index in [1.807, 2.05) is 13.8 Å². The molecule has 5 nitrogen and oxygen atoms in total. The Morgan fingerprint density at radius 1 is 1.37 bits per heavy atom. The number of carboxylic acids is 1. The number of hydrogen-bond donors (Lipinski definition) is 1. The van der Waals surface area contributed by atoms with Gasteiger partial charge in [-0.2, -0.15) is 0 Å². The molecular formula is C14H17O5-. The number of rotatable bonds is 5. The molecule has 0 aromatic heterocycles. The van der Waals surface area contributed by atoms with Crippen molar-refractivity contribution in [3.63, 3.8) is 0 Å². The second kappa shape index (κ2) is 5.48. The van der Waals surface area contributed by atoms with Crippen LogP contribution in [0.15, 0.2) is 18.2 Å². The van der Waals surface area contributed by atoms with Gasteiger partial charge in [0.05, 0.1) is 12.1 Å². The summed E-state index contributed by atoms with van der Waals surface area (Å²) in [5, 5.41) is 21.3. The van der Waals surface area contributed by atoms with Crippen molar-refractivity contribution >= 4 is 5.97 Å². The van der Waals surface area contributed by atoms with Crippen molar-refractivity contribution in [1.82, 2.24) is 0 Å². The van der Waals surface area contributed by atoms with Gasteiger partial charge in [0.15, 0.2) is 11.5 Å². The highest BCUT2D eigenvalue weighted by Crippen LogP contribution is 2.36. The molecule has 2 atom stereocenters. The SMILES string of the molecule is CC(C)CC(O)C(C(=O)[O-])c1ccc2c(c1)OCO2. The third-order valence-corrected chi connectivity index (χ3v) is 3.11. The molecule has 5 heteroatoms. The first-order chi connectivity index (χ1) is 8.99. The number of aliphatic carboxylic acids is 1. The summed E-state index contributed by atoms with van der Waals surface area (Å²) in [5.41, 5.74) is 0.470. The zero-order valence-corrected chi connectivity index (χ0v) is 11.0. The normalized spacial score (nSPS) is 16.4. The molecule has 2 unspecified atom stereocenters. The first-order valence-electron chi connectivity index (χ1n) is 6.27. The highest BCUT2D eigenvalue weighted by molar-refractivity contribution is 5.75. The van der Waals surface area contributed by atoms with Gasteiger partial charge in [-0.15, -0.1) is 0 Å². The van der Waals surface area contributed by atoms with Crippen molar-refractivity contribution in [1.29, 1.82) is 0 Å². The number of benzene rings is 1. The monoisotopic (exact) mass is 265 g/mol. The lowest BCUT2D eigenvalue weighted by atomic mass is 9.88. The van der Waals surface area contributed by atoms with Crippen molar-refractivity contribution in [3.05, 3.63) is 23.8 Å². The Hall–Kier alpha value is -1.75. The Balaban J connectivity index is 2.26. The first kappa shape index (κ1) is 13.7. The van der Waals surface area contributed by atoms with Crippen molar-refractivity contribution < 1.29 is 24.5 Å². The molecule has 0 radical (unpaired) electrons. The lowest BCUT2D eigenvalue weighted by Gasteiger charge is -2.25. The number of carbonyl (C=O) groups excluding carboxylic acids is 1. The molecule has 1 aliphatic heterocycles. The molecule has 1 aromatic rings. The molecule has 19 heavy (non-hydrogen) atoms. The van der Waals surface area contributed by atoms with E-state index in [1.165, 1.54) is 0 Å². The highest BCUT2D eigenvalue weighted by atomic mass is 16.7. The number of fused-ring (bicyclic) bond motifs is 1. The smallest absolute Gasteiger partial charge is 0.231 e. The van der Waals surface area contributed by atoms with Gasteiger partial charge in [0.2, 0.25) is 6.79 Å². The molecule has 0 aliphatic carbocycles. The Morgan fingerprint density at radius 2 is 2.05 bits per heavy atom. The van der Waals surface area contributed by atoms with E-state index in [1.54, 1.807) is 18.2 Å². The molecule has 2 rings (SSSR count). The van der Waals surface area contributed by atoms with Gasteiger partial charge in [-0.1, -0.05) is 19.9 Å². The minimum absolute atomic E-state index is 0.128. The van der Waals surface area contributed by atoms with E-state index in [0.717, 1.165) is 0 Å². The van der Waals surface area contributed by atoms with Crippen molar-refractivity contribution in [2.24, 2.45) is 5.92 Å². The van der Waals surface area contributed by atoms with E-state index >= 15 is 0 Å². The van der Waals surface area contributed by atoms with Gasteiger partial charge in [-0.05, 0) is 30.0 Å². The van der Waals surface area contributed by atoms with Gasteiger partial charge in [0, 0.05) is 5.92 Å². The average Bonchev–Trinajstić information content (AvgIpc) is 2.74. The van der Waals surface area contributed by atoms with Crippen molar-refractivity contribution in [2.75, 3.05) is 6.79 Å². The molecule has 0 bridgehead atoms. The van der Waals surface area contributed by atoms with Crippen LogP contribution in [0.2, 0.25) is 0 Å². The molecule has 104 valence electrons. The minimum Gasteiger partial charge on any atom is -0.549 e. The summed E-state index contributed by atoms with van der Waals surface area (Å²) in [6, 6.07) is 4.86. The fourth-order valence-electron chi connectivity index (χ4n) is 2.24. The fraction of sp³-hybridized carbons (Fsp3) is 0.500. The second-order valence-electron chi connectivity index (χ2n) is 5.11. The van der Waals surface area contributed by atoms with Crippen LogP contribution in [-0.2, 0) is 4.79 Å². The molecule has 0 saturated heterocycles. The molecule has 1 N–H and O–H groups in total. The molecule has 0 saturated carbocycles. The van der Waals surface area contributed by atoms with Crippen LogP contribution in [0.1, 0.15) is 31.7 Å². The van der Waals surface area contributed by atoms with Crippen LogP contribution in [0.25, 0.3) is 0 Å². The Bertz CT molecular complexity index is 469. The number of carbonyl (C=O) groups is 1. The van der Waals surface area contributed by atoms with Gasteiger partial charge in [-0.3, -0.25) is 0 Å². The summed E-state index contributed by atoms with van der Waals surface area (Å²) in [6.07, 6.45) is -0.585. The third kappa shape index (κ3) is 2.98. The van der Waals surface area contributed by atoms with Gasteiger partial charge in [-0.25, -0.2) is 0 Å². The van der Waals surface area contributed by atoms with Crippen LogP contribution in [-0.4, -0.2) is 24.0 Å². The van der Waals surface area contributed by atoms with E-state index in [-0.39, 0.29) is 12.7 Å². The van der Waals surface area contributed by atoms with E-state index < -0.39 is 18.0 Å². The topological polar surface area (TPSA) is 78.8 Å². The summed E-state index contributed by atoms with van der Waals surface area (Å²) >= 11 is 0. The predicted molar refractivity (Wildman–Crippen MR) is 65.8 cm³/mol. The maximum Gasteiger partial charge on any atom is 0.231 e. The third-order valence-electron chi connectivity index (χ3n) is 3.11. The molecule has 1 aliphatic rings. The number of carboxylic acid groups (broad SMARTS) is 1. The average molecular weight is 265 g/mol. The van der Waals surface area contributed by atoms with E-state index in [0.29, 0.717) is 23.5 Å². The lowest BCUT2D eigenvalue weighted by molar-refractivity contribution is -0.310. The zero-order chi connectivity index (χ0) is 14.0. The van der Waals surface area contributed by atoms with Gasteiger partial charge < -0.3 is 24.5 Å². The predicted octanol–water partition coefficient (Wildman–Crippen LogP) is 0.656. The van der Waals surface area contributed by atoms with E-state index in [9.17, 15) is 15.0 Å². The maximum atomic E-state index is 11.3. The number of aliphatic hydroxyl groups excluding tert-OH is 1. The Kier molecular flexibility index (Phi) is 3.95. The summed E-state index contributed by atoms with van der Waals surface area (Å²) in [5.74, 6) is -1.06. The van der Waals surface area contributed by atoms with Gasteiger partial charge in [0.25, 0.3) is 0 Å². The summed E-state index contributed by atoms with van der Waals surface area (Å²) in [4.78, 5) is 11.3. The molecule has 0 fully saturated rings. The maximum absolute atomic E-state index is 11.3. The summed E-state index contributed by atoms with van der Waals surface area (Å²) in [7, 11) is 0. The summed E-state index contributed by atoms with van der Waals surface area (Å²) < 4.78 is 10.4. The molecule has 0 amide bonds. The largest absolute Gasteiger partial charge is 0.549 e. The molecular weight excluding hydrogens is 248 g/mol. The van der Waals surface area contributed by atoms with Crippen LogP contribution in [0.3, 0.4) is 0 Å². The molecule has 0 spiro atoms. The fourth-order valence-corrected chi connectivity index (χ4v) is 2.24. The summed E-state index contributed by atoms with van der Waals surface area (Å²) in [6.45, 7) is 3.98. The van der Waals surface area contributed by atoms with Crippen LogP contribution < -0.4 is 14.6 Å². The Morgan fingerprint density at radius 3 is 2.68 bits per heavy atom. The second-order valence-corrected chi connectivity index (χ2v) is 5.11. The zero-order valence-electron chi connectivity index (χ0n) is 11.0. The van der Waals surface area contributed by atoms with Crippen molar-refractivity contribution in [3.8, 4) is 11.5 Å².